The van der Waals surface area contributed by atoms with Gasteiger partial charge in [0.15, 0.2) is 5.69 Å². The Balaban J connectivity index is 1.66. The first-order chi connectivity index (χ1) is 9.04. The molecule has 0 bridgehead atoms. The van der Waals surface area contributed by atoms with E-state index in [0.29, 0.717) is 23.3 Å². The van der Waals surface area contributed by atoms with Crippen LogP contribution < -0.4 is 0 Å². The number of hydrogen-bond donors (Lipinski definition) is 1. The molecule has 0 aromatic carbocycles. The molecule has 5 heteroatoms. The van der Waals surface area contributed by atoms with Gasteiger partial charge in [-0.1, -0.05) is 5.16 Å². The predicted molar refractivity (Wildman–Crippen MR) is 68.6 cm³/mol. The monoisotopic (exact) mass is 264 g/mol. The number of aliphatic hydroxyl groups excluding tert-OH is 1. The Labute approximate surface area is 112 Å². The number of aryl methyl sites for hydroxylation is 1. The summed E-state index contributed by atoms with van der Waals surface area (Å²) >= 11 is 0. The van der Waals surface area contributed by atoms with Gasteiger partial charge in [-0.05, 0) is 44.4 Å². The molecule has 4 atom stereocenters. The highest BCUT2D eigenvalue weighted by molar-refractivity contribution is 5.92. The molecule has 19 heavy (non-hydrogen) atoms. The lowest BCUT2D eigenvalue weighted by molar-refractivity contribution is 0.0712. The quantitative estimate of drug-likeness (QED) is 0.881. The van der Waals surface area contributed by atoms with E-state index in [2.05, 4.69) is 5.16 Å². The Morgan fingerprint density at radius 1 is 1.37 bits per heavy atom. The van der Waals surface area contributed by atoms with E-state index in [-0.39, 0.29) is 18.1 Å². The SMILES string of the molecule is Cc1cc(C(=O)N(C)C2C[C@H]3CC(O)C[C@H]3C2)no1. The molecular weight excluding hydrogens is 244 g/mol. The summed E-state index contributed by atoms with van der Waals surface area (Å²) in [6.45, 7) is 1.78. The van der Waals surface area contributed by atoms with Gasteiger partial charge in [0.2, 0.25) is 0 Å². The number of aliphatic hydroxyl groups is 1. The van der Waals surface area contributed by atoms with Crippen molar-refractivity contribution < 1.29 is 14.4 Å². The molecule has 2 aliphatic carbocycles. The van der Waals surface area contributed by atoms with Gasteiger partial charge in [-0.25, -0.2) is 0 Å². The highest BCUT2D eigenvalue weighted by Crippen LogP contribution is 2.45. The number of amides is 1. The molecule has 1 amide bonds. The van der Waals surface area contributed by atoms with Crippen LogP contribution in [0.3, 0.4) is 0 Å². The van der Waals surface area contributed by atoms with Gasteiger partial charge in [-0.2, -0.15) is 0 Å². The van der Waals surface area contributed by atoms with Gasteiger partial charge in [-0.3, -0.25) is 4.79 Å². The smallest absolute Gasteiger partial charge is 0.276 e. The summed E-state index contributed by atoms with van der Waals surface area (Å²) in [6, 6.07) is 1.95. The second kappa shape index (κ2) is 4.63. The van der Waals surface area contributed by atoms with Crippen LogP contribution in [-0.4, -0.2) is 40.3 Å². The minimum Gasteiger partial charge on any atom is -0.393 e. The van der Waals surface area contributed by atoms with Crippen LogP contribution in [0, 0.1) is 18.8 Å². The molecule has 2 aliphatic rings. The Morgan fingerprint density at radius 3 is 2.53 bits per heavy atom. The van der Waals surface area contributed by atoms with Crippen LogP contribution in [0.5, 0.6) is 0 Å². The van der Waals surface area contributed by atoms with Crippen molar-refractivity contribution in [3.05, 3.63) is 17.5 Å². The largest absolute Gasteiger partial charge is 0.393 e. The third-order valence-corrected chi connectivity index (χ3v) is 4.68. The Bertz CT molecular complexity index is 471. The minimum atomic E-state index is -0.129. The average molecular weight is 264 g/mol. The Kier molecular flexibility index (Phi) is 3.09. The van der Waals surface area contributed by atoms with Crippen molar-refractivity contribution in [2.45, 2.75) is 44.8 Å². The fourth-order valence-electron chi connectivity index (χ4n) is 3.68. The third kappa shape index (κ3) is 2.27. The van der Waals surface area contributed by atoms with Crippen molar-refractivity contribution in [1.82, 2.24) is 10.1 Å². The summed E-state index contributed by atoms with van der Waals surface area (Å²) in [5.41, 5.74) is 0.386. The van der Waals surface area contributed by atoms with Gasteiger partial charge in [0.05, 0.1) is 6.10 Å². The Hall–Kier alpha value is -1.36. The van der Waals surface area contributed by atoms with Gasteiger partial charge >= 0.3 is 0 Å². The molecular formula is C14H20N2O3. The molecule has 0 saturated heterocycles. The van der Waals surface area contributed by atoms with Gasteiger partial charge in [0.1, 0.15) is 5.76 Å². The number of carbonyl (C=O) groups is 1. The average Bonchev–Trinajstić information content (AvgIpc) is 3.01. The van der Waals surface area contributed by atoms with Crippen molar-refractivity contribution in [2.24, 2.45) is 11.8 Å². The van der Waals surface area contributed by atoms with E-state index in [1.165, 1.54) is 0 Å². The molecule has 0 radical (unpaired) electrons. The standard InChI is InChI=1S/C14H20N2O3/c1-8-3-13(15-19-8)14(18)16(2)11-4-9-6-12(17)7-10(9)5-11/h3,9-12,17H,4-7H2,1-2H3/t9-,10+,11?,12?. The molecule has 0 spiro atoms. The number of fused-ring (bicyclic) bond motifs is 1. The molecule has 1 heterocycles. The van der Waals surface area contributed by atoms with Crippen molar-refractivity contribution in [3.63, 3.8) is 0 Å². The van der Waals surface area contributed by atoms with E-state index in [0.717, 1.165) is 25.7 Å². The number of aromatic nitrogens is 1. The van der Waals surface area contributed by atoms with Crippen molar-refractivity contribution in [2.75, 3.05) is 7.05 Å². The first-order valence-corrected chi connectivity index (χ1v) is 6.93. The van der Waals surface area contributed by atoms with Crippen LogP contribution in [-0.2, 0) is 0 Å². The van der Waals surface area contributed by atoms with E-state index < -0.39 is 0 Å². The molecule has 0 aliphatic heterocycles. The maximum Gasteiger partial charge on any atom is 0.276 e. The normalized spacial score (nSPS) is 33.4. The molecule has 2 saturated carbocycles. The summed E-state index contributed by atoms with van der Waals surface area (Å²) in [7, 11) is 1.84. The lowest BCUT2D eigenvalue weighted by Crippen LogP contribution is -2.36. The molecule has 1 N–H and O–H groups in total. The van der Waals surface area contributed by atoms with Crippen LogP contribution in [0.2, 0.25) is 0 Å². The van der Waals surface area contributed by atoms with Crippen LogP contribution in [0.25, 0.3) is 0 Å². The zero-order chi connectivity index (χ0) is 13.6. The lowest BCUT2D eigenvalue weighted by Gasteiger charge is -2.24. The van der Waals surface area contributed by atoms with E-state index in [9.17, 15) is 9.90 Å². The van der Waals surface area contributed by atoms with Gasteiger partial charge in [0.25, 0.3) is 5.91 Å². The van der Waals surface area contributed by atoms with E-state index >= 15 is 0 Å². The maximum atomic E-state index is 12.3. The molecule has 5 nitrogen and oxygen atoms in total. The zero-order valence-corrected chi connectivity index (χ0v) is 11.4. The zero-order valence-electron chi connectivity index (χ0n) is 11.4. The highest BCUT2D eigenvalue weighted by Gasteiger charge is 2.43. The van der Waals surface area contributed by atoms with Crippen LogP contribution in [0.15, 0.2) is 10.6 Å². The molecule has 1 aromatic heterocycles. The molecule has 3 rings (SSSR count). The highest BCUT2D eigenvalue weighted by atomic mass is 16.5. The third-order valence-electron chi connectivity index (χ3n) is 4.68. The van der Waals surface area contributed by atoms with Crippen molar-refractivity contribution >= 4 is 5.91 Å². The summed E-state index contributed by atoms with van der Waals surface area (Å²) in [5, 5.41) is 13.4. The van der Waals surface area contributed by atoms with Crippen molar-refractivity contribution in [1.29, 1.82) is 0 Å². The Morgan fingerprint density at radius 2 is 2.00 bits per heavy atom. The lowest BCUT2D eigenvalue weighted by atomic mass is 10.0. The first kappa shape index (κ1) is 12.7. The van der Waals surface area contributed by atoms with E-state index in [4.69, 9.17) is 4.52 Å². The number of rotatable bonds is 2. The van der Waals surface area contributed by atoms with Crippen LogP contribution in [0.4, 0.5) is 0 Å². The number of carbonyl (C=O) groups excluding carboxylic acids is 1. The predicted octanol–water partition coefficient (Wildman–Crippen LogP) is 1.60. The van der Waals surface area contributed by atoms with Gasteiger partial charge in [0, 0.05) is 19.2 Å². The fraction of sp³-hybridized carbons (Fsp3) is 0.714. The summed E-state index contributed by atoms with van der Waals surface area (Å²) in [6.07, 6.45) is 3.66. The van der Waals surface area contributed by atoms with E-state index in [1.807, 2.05) is 7.05 Å². The molecule has 2 fully saturated rings. The van der Waals surface area contributed by atoms with Gasteiger partial charge < -0.3 is 14.5 Å². The molecule has 1 aromatic rings. The van der Waals surface area contributed by atoms with E-state index in [1.54, 1.807) is 17.9 Å². The number of hydrogen-bond acceptors (Lipinski definition) is 4. The summed E-state index contributed by atoms with van der Waals surface area (Å²) < 4.78 is 4.96. The minimum absolute atomic E-state index is 0.0672. The summed E-state index contributed by atoms with van der Waals surface area (Å²) in [5.74, 6) is 1.74. The van der Waals surface area contributed by atoms with Crippen LogP contribution >= 0.6 is 0 Å². The molecule has 2 unspecified atom stereocenters. The topological polar surface area (TPSA) is 66.6 Å². The first-order valence-electron chi connectivity index (χ1n) is 6.93. The number of nitrogens with zero attached hydrogens (tertiary/aromatic N) is 2. The summed E-state index contributed by atoms with van der Waals surface area (Å²) in [4.78, 5) is 14.1. The second-order valence-electron chi connectivity index (χ2n) is 6.01. The van der Waals surface area contributed by atoms with Gasteiger partial charge in [-0.15, -0.1) is 0 Å². The second-order valence-corrected chi connectivity index (χ2v) is 6.01. The maximum absolute atomic E-state index is 12.3. The van der Waals surface area contributed by atoms with Crippen LogP contribution in [0.1, 0.15) is 41.9 Å². The fourth-order valence-corrected chi connectivity index (χ4v) is 3.68. The van der Waals surface area contributed by atoms with Crippen molar-refractivity contribution in [3.8, 4) is 0 Å². The molecule has 104 valence electrons.